The van der Waals surface area contributed by atoms with Crippen molar-refractivity contribution in [2.24, 2.45) is 0 Å². The number of amides is 1. The van der Waals surface area contributed by atoms with Gasteiger partial charge in [-0.15, -0.1) is 11.8 Å². The molecule has 0 saturated carbocycles. The molecule has 6 nitrogen and oxygen atoms in total. The smallest absolute Gasteiger partial charge is 0.313 e. The van der Waals surface area contributed by atoms with Gasteiger partial charge in [0.25, 0.3) is 5.91 Å². The fourth-order valence-corrected chi connectivity index (χ4v) is 3.05. The van der Waals surface area contributed by atoms with E-state index in [0.29, 0.717) is 17.0 Å². The summed E-state index contributed by atoms with van der Waals surface area (Å²) < 4.78 is 1.81. The van der Waals surface area contributed by atoms with Crippen LogP contribution in [0.1, 0.15) is 41.5 Å². The quantitative estimate of drug-likeness (QED) is 0.802. The van der Waals surface area contributed by atoms with Gasteiger partial charge in [-0.3, -0.25) is 14.3 Å². The number of aromatic nitrogens is 2. The van der Waals surface area contributed by atoms with E-state index in [-0.39, 0.29) is 17.7 Å². The van der Waals surface area contributed by atoms with Crippen LogP contribution in [0, 0.1) is 6.92 Å². The molecule has 1 aromatic carbocycles. The normalized spacial score (nSPS) is 10.8. The minimum Gasteiger partial charge on any atom is -0.481 e. The lowest BCUT2D eigenvalue weighted by atomic mass is 10.2. The minimum atomic E-state index is -0.831. The van der Waals surface area contributed by atoms with Crippen molar-refractivity contribution in [3.63, 3.8) is 0 Å². The number of carbonyl (C=O) groups is 2. The van der Waals surface area contributed by atoms with Crippen molar-refractivity contribution in [2.45, 2.75) is 32.6 Å². The Labute approximate surface area is 145 Å². The third-order valence-corrected chi connectivity index (χ3v) is 4.45. The molecule has 0 saturated heterocycles. The van der Waals surface area contributed by atoms with Gasteiger partial charge in [-0.25, -0.2) is 0 Å². The highest BCUT2D eigenvalue weighted by Crippen LogP contribution is 2.19. The van der Waals surface area contributed by atoms with Crippen LogP contribution in [-0.2, 0) is 10.5 Å². The summed E-state index contributed by atoms with van der Waals surface area (Å²) in [7, 11) is 0. The van der Waals surface area contributed by atoms with Gasteiger partial charge in [0.1, 0.15) is 0 Å². The molecule has 1 heterocycles. The van der Waals surface area contributed by atoms with Gasteiger partial charge in [-0.05, 0) is 38.5 Å². The van der Waals surface area contributed by atoms with Crippen LogP contribution in [0.4, 0.5) is 5.69 Å². The maximum Gasteiger partial charge on any atom is 0.313 e. The van der Waals surface area contributed by atoms with E-state index in [2.05, 4.69) is 10.4 Å². The summed E-state index contributed by atoms with van der Waals surface area (Å²) in [5, 5.41) is 15.8. The Morgan fingerprint density at radius 3 is 2.75 bits per heavy atom. The van der Waals surface area contributed by atoms with E-state index in [1.54, 1.807) is 6.20 Å². The van der Waals surface area contributed by atoms with Crippen LogP contribution in [0.25, 0.3) is 0 Å². The standard InChI is InChI=1S/C17H21N3O3S/c1-11(2)20-12(3)15(8-18-20)17(23)19-14-6-4-5-13(7-14)9-24-10-16(21)22/h4-8,11H,9-10H2,1-3H3,(H,19,23)(H,21,22). The first-order chi connectivity index (χ1) is 11.4. The molecule has 0 atom stereocenters. The summed E-state index contributed by atoms with van der Waals surface area (Å²) in [5.74, 6) is -0.387. The average molecular weight is 347 g/mol. The van der Waals surface area contributed by atoms with E-state index in [1.807, 2.05) is 49.7 Å². The van der Waals surface area contributed by atoms with Crippen LogP contribution in [0.5, 0.6) is 0 Å². The van der Waals surface area contributed by atoms with Crippen LogP contribution in [0.2, 0.25) is 0 Å². The summed E-state index contributed by atoms with van der Waals surface area (Å²) in [6, 6.07) is 7.62. The number of aliphatic carboxylic acids is 1. The molecule has 0 aliphatic heterocycles. The zero-order valence-electron chi connectivity index (χ0n) is 13.9. The van der Waals surface area contributed by atoms with Gasteiger partial charge in [0, 0.05) is 23.2 Å². The Balaban J connectivity index is 2.05. The van der Waals surface area contributed by atoms with Crippen molar-refractivity contribution >= 4 is 29.3 Å². The number of nitrogens with one attached hydrogen (secondary N) is 1. The minimum absolute atomic E-state index is 0.0597. The lowest BCUT2D eigenvalue weighted by Gasteiger charge is -2.09. The molecule has 2 aromatic rings. The number of hydrogen-bond acceptors (Lipinski definition) is 4. The summed E-state index contributed by atoms with van der Waals surface area (Å²) in [5.41, 5.74) is 3.03. The van der Waals surface area contributed by atoms with Crippen LogP contribution < -0.4 is 5.32 Å². The number of benzene rings is 1. The third kappa shape index (κ3) is 4.61. The molecule has 1 aromatic heterocycles. The molecule has 2 rings (SSSR count). The summed E-state index contributed by atoms with van der Waals surface area (Å²) in [6.45, 7) is 5.90. The van der Waals surface area contributed by atoms with Gasteiger partial charge < -0.3 is 10.4 Å². The number of nitrogens with zero attached hydrogens (tertiary/aromatic N) is 2. The molecule has 0 aliphatic rings. The Morgan fingerprint density at radius 2 is 2.12 bits per heavy atom. The summed E-state index contributed by atoms with van der Waals surface area (Å²) in [4.78, 5) is 23.0. The Kier molecular flexibility index (Phi) is 6.03. The molecule has 2 N–H and O–H groups in total. The molecule has 0 unspecified atom stereocenters. The van der Waals surface area contributed by atoms with Gasteiger partial charge in [0.15, 0.2) is 0 Å². The van der Waals surface area contributed by atoms with Gasteiger partial charge in [0.2, 0.25) is 0 Å². The number of carboxylic acid groups (broad SMARTS) is 1. The van der Waals surface area contributed by atoms with Crippen molar-refractivity contribution in [3.05, 3.63) is 47.3 Å². The second kappa shape index (κ2) is 8.01. The average Bonchev–Trinajstić information content (AvgIpc) is 2.89. The lowest BCUT2D eigenvalue weighted by Crippen LogP contribution is -2.14. The third-order valence-electron chi connectivity index (χ3n) is 3.46. The molecule has 0 aliphatic carbocycles. The molecule has 128 valence electrons. The highest BCUT2D eigenvalue weighted by Gasteiger charge is 2.15. The number of carbonyl (C=O) groups excluding carboxylic acids is 1. The van der Waals surface area contributed by atoms with Gasteiger partial charge >= 0.3 is 5.97 Å². The molecular formula is C17H21N3O3S. The first-order valence-corrected chi connectivity index (χ1v) is 8.78. The van der Waals surface area contributed by atoms with E-state index in [9.17, 15) is 9.59 Å². The van der Waals surface area contributed by atoms with Gasteiger partial charge in [-0.2, -0.15) is 5.10 Å². The van der Waals surface area contributed by atoms with Crippen molar-refractivity contribution < 1.29 is 14.7 Å². The number of rotatable bonds is 7. The monoisotopic (exact) mass is 347 g/mol. The topological polar surface area (TPSA) is 84.2 Å². The van der Waals surface area contributed by atoms with Crippen LogP contribution in [-0.4, -0.2) is 32.5 Å². The van der Waals surface area contributed by atoms with E-state index < -0.39 is 5.97 Å². The second-order valence-corrected chi connectivity index (χ2v) is 6.71. The zero-order valence-corrected chi connectivity index (χ0v) is 14.8. The molecule has 24 heavy (non-hydrogen) atoms. The van der Waals surface area contributed by atoms with Crippen molar-refractivity contribution in [1.29, 1.82) is 0 Å². The van der Waals surface area contributed by atoms with E-state index in [0.717, 1.165) is 11.3 Å². The molecule has 0 spiro atoms. The highest BCUT2D eigenvalue weighted by atomic mass is 32.2. The van der Waals surface area contributed by atoms with Crippen molar-refractivity contribution in [3.8, 4) is 0 Å². The Hall–Kier alpha value is -2.28. The largest absolute Gasteiger partial charge is 0.481 e. The number of hydrogen-bond donors (Lipinski definition) is 2. The van der Waals surface area contributed by atoms with Crippen molar-refractivity contribution in [2.75, 3.05) is 11.1 Å². The first-order valence-electron chi connectivity index (χ1n) is 7.62. The van der Waals surface area contributed by atoms with Gasteiger partial charge in [-0.1, -0.05) is 12.1 Å². The fraction of sp³-hybridized carbons (Fsp3) is 0.353. The molecule has 1 amide bonds. The molecule has 0 bridgehead atoms. The first kappa shape index (κ1) is 18.1. The second-order valence-electron chi connectivity index (χ2n) is 5.72. The van der Waals surface area contributed by atoms with E-state index in [4.69, 9.17) is 5.11 Å². The van der Waals surface area contributed by atoms with Crippen molar-refractivity contribution in [1.82, 2.24) is 9.78 Å². The molecule has 0 radical (unpaired) electrons. The molecule has 7 heteroatoms. The molecule has 0 fully saturated rings. The van der Waals surface area contributed by atoms with E-state index >= 15 is 0 Å². The molecular weight excluding hydrogens is 326 g/mol. The highest BCUT2D eigenvalue weighted by molar-refractivity contribution is 7.99. The Morgan fingerprint density at radius 1 is 1.38 bits per heavy atom. The van der Waals surface area contributed by atoms with Gasteiger partial charge in [0.05, 0.1) is 17.5 Å². The van der Waals surface area contributed by atoms with Crippen LogP contribution in [0.15, 0.2) is 30.5 Å². The van der Waals surface area contributed by atoms with Crippen LogP contribution >= 0.6 is 11.8 Å². The predicted molar refractivity (Wildman–Crippen MR) is 95.5 cm³/mol. The maximum absolute atomic E-state index is 12.4. The summed E-state index contributed by atoms with van der Waals surface area (Å²) in [6.07, 6.45) is 1.58. The van der Waals surface area contributed by atoms with E-state index in [1.165, 1.54) is 11.8 Å². The number of anilines is 1. The zero-order chi connectivity index (χ0) is 17.7. The lowest BCUT2D eigenvalue weighted by molar-refractivity contribution is -0.133. The maximum atomic E-state index is 12.4. The summed E-state index contributed by atoms with van der Waals surface area (Å²) >= 11 is 1.32. The number of carboxylic acids is 1. The van der Waals surface area contributed by atoms with Crippen LogP contribution in [0.3, 0.4) is 0 Å². The SMILES string of the molecule is Cc1c(C(=O)Nc2cccc(CSCC(=O)O)c2)cnn1C(C)C. The predicted octanol–water partition coefficient (Wildman–Crippen LogP) is 3.34. The Bertz CT molecular complexity index is 740. The fourth-order valence-electron chi connectivity index (χ4n) is 2.36. The number of thioether (sulfide) groups is 1.